The first kappa shape index (κ1) is 25.7. The predicted octanol–water partition coefficient (Wildman–Crippen LogP) is 5.78. The van der Waals surface area contributed by atoms with Gasteiger partial charge in [-0.15, -0.1) is 0 Å². The summed E-state index contributed by atoms with van der Waals surface area (Å²) in [5, 5.41) is 0.294. The van der Waals surface area contributed by atoms with Gasteiger partial charge >= 0.3 is 15.2 Å². The highest BCUT2D eigenvalue weighted by Gasteiger charge is 2.38. The van der Waals surface area contributed by atoms with Crippen LogP contribution in [0.2, 0.25) is 0 Å². The minimum Gasteiger partial charge on any atom is -0.305 e. The van der Waals surface area contributed by atoms with E-state index in [1.165, 1.54) is 12.1 Å². The van der Waals surface area contributed by atoms with Crippen LogP contribution in [0.4, 0.5) is 4.39 Å². The van der Waals surface area contributed by atoms with Crippen molar-refractivity contribution in [1.82, 2.24) is 0 Å². The van der Waals surface area contributed by atoms with Crippen molar-refractivity contribution in [2.75, 3.05) is 26.4 Å². The lowest BCUT2D eigenvalue weighted by Crippen LogP contribution is -2.29. The van der Waals surface area contributed by atoms with Gasteiger partial charge in [-0.2, -0.15) is 0 Å². The molecule has 0 aliphatic heterocycles. The fourth-order valence-corrected chi connectivity index (χ4v) is 6.96. The number of hydrogen-bond acceptors (Lipinski definition) is 6. The summed E-state index contributed by atoms with van der Waals surface area (Å²) in [4.78, 5) is 0. The first-order chi connectivity index (χ1) is 14.8. The van der Waals surface area contributed by atoms with Crippen molar-refractivity contribution in [3.8, 4) is 0 Å². The van der Waals surface area contributed by atoms with Crippen LogP contribution < -0.4 is 10.6 Å². The van der Waals surface area contributed by atoms with E-state index in [0.29, 0.717) is 5.56 Å². The molecule has 2 aromatic carbocycles. The second-order valence-electron chi connectivity index (χ2n) is 6.30. The molecule has 0 aliphatic rings. The molecule has 0 heterocycles. The van der Waals surface area contributed by atoms with E-state index in [-0.39, 0.29) is 42.9 Å². The van der Waals surface area contributed by atoms with Gasteiger partial charge in [-0.1, -0.05) is 30.4 Å². The molecular formula is C22H29FO6P2. The van der Waals surface area contributed by atoms with Gasteiger partial charge in [0.05, 0.1) is 37.0 Å². The highest BCUT2D eigenvalue weighted by atomic mass is 31.2. The highest BCUT2D eigenvalue weighted by molar-refractivity contribution is 7.68. The number of halogens is 1. The second kappa shape index (κ2) is 11.9. The number of rotatable bonds is 12. The van der Waals surface area contributed by atoms with Gasteiger partial charge in [-0.05, 0) is 63.1 Å². The molecule has 0 aliphatic carbocycles. The monoisotopic (exact) mass is 470 g/mol. The average molecular weight is 470 g/mol. The molecule has 0 saturated heterocycles. The third-order valence-corrected chi connectivity index (χ3v) is 8.63. The topological polar surface area (TPSA) is 71.1 Å². The molecule has 0 aromatic heterocycles. The molecule has 2 aromatic rings. The molecule has 9 heteroatoms. The summed E-state index contributed by atoms with van der Waals surface area (Å²) in [7, 11) is -7.55. The Kier molecular flexibility index (Phi) is 9.83. The van der Waals surface area contributed by atoms with Crippen molar-refractivity contribution >= 4 is 38.0 Å². The molecule has 0 unspecified atom stereocenters. The molecule has 6 nitrogen and oxygen atoms in total. The van der Waals surface area contributed by atoms with E-state index in [9.17, 15) is 13.5 Å². The van der Waals surface area contributed by atoms with Crippen molar-refractivity contribution < 1.29 is 31.6 Å². The first-order valence-electron chi connectivity index (χ1n) is 10.2. The van der Waals surface area contributed by atoms with Gasteiger partial charge < -0.3 is 18.1 Å². The van der Waals surface area contributed by atoms with Gasteiger partial charge in [-0.25, -0.2) is 4.39 Å². The lowest BCUT2D eigenvalue weighted by molar-refractivity contribution is 0.226. The first-order valence-corrected chi connectivity index (χ1v) is 13.3. The summed E-state index contributed by atoms with van der Waals surface area (Å²) < 4.78 is 62.2. The van der Waals surface area contributed by atoms with Crippen molar-refractivity contribution in [2.45, 2.75) is 27.7 Å². The molecule has 0 radical (unpaired) electrons. The number of hydrogen-bond donors (Lipinski definition) is 0. The summed E-state index contributed by atoms with van der Waals surface area (Å²) >= 11 is 0. The van der Waals surface area contributed by atoms with E-state index >= 15 is 0 Å². The van der Waals surface area contributed by atoms with Crippen LogP contribution >= 0.6 is 15.2 Å². The molecule has 170 valence electrons. The van der Waals surface area contributed by atoms with E-state index in [1.54, 1.807) is 70.2 Å². The Morgan fingerprint density at radius 3 is 1.58 bits per heavy atom. The van der Waals surface area contributed by atoms with Gasteiger partial charge in [0, 0.05) is 0 Å². The fraction of sp³-hybridized carbons (Fsp3) is 0.364. The van der Waals surface area contributed by atoms with Crippen molar-refractivity contribution in [3.63, 3.8) is 0 Å². The number of benzene rings is 2. The zero-order valence-electron chi connectivity index (χ0n) is 18.2. The molecule has 0 fully saturated rings. The van der Waals surface area contributed by atoms with Gasteiger partial charge in [0.15, 0.2) is 0 Å². The van der Waals surface area contributed by atoms with Crippen molar-refractivity contribution in [1.29, 1.82) is 0 Å². The summed E-state index contributed by atoms with van der Waals surface area (Å²) in [6, 6.07) is 10.9. The molecule has 0 N–H and O–H groups in total. The minimum absolute atomic E-state index is 0.139. The van der Waals surface area contributed by atoms with Crippen LogP contribution in [0.3, 0.4) is 0 Å². The molecule has 0 amide bonds. The maximum atomic E-state index is 13.6. The third kappa shape index (κ3) is 6.69. The largest absolute Gasteiger partial charge is 0.362 e. The molecule has 0 spiro atoms. The molecular weight excluding hydrogens is 441 g/mol. The minimum atomic E-state index is -3.80. The van der Waals surface area contributed by atoms with E-state index in [4.69, 9.17) is 18.1 Å². The Morgan fingerprint density at radius 2 is 1.10 bits per heavy atom. The van der Waals surface area contributed by atoms with Crippen LogP contribution in [0, 0.1) is 5.82 Å². The van der Waals surface area contributed by atoms with Crippen LogP contribution in [0.5, 0.6) is 0 Å². The Balaban J connectivity index is 2.61. The average Bonchev–Trinajstić information content (AvgIpc) is 2.74. The van der Waals surface area contributed by atoms with Gasteiger partial charge in [-0.3, -0.25) is 9.13 Å². The zero-order valence-corrected chi connectivity index (χ0v) is 20.0. The summed E-state index contributed by atoms with van der Waals surface area (Å²) in [5.41, 5.74) is 1.46. The molecule has 0 bridgehead atoms. The summed E-state index contributed by atoms with van der Waals surface area (Å²) in [5.74, 6) is -0.319. The van der Waals surface area contributed by atoms with Crippen LogP contribution in [-0.4, -0.2) is 26.4 Å². The Labute approximate surface area is 183 Å². The maximum Gasteiger partial charge on any atom is 0.362 e. The highest BCUT2D eigenvalue weighted by Crippen LogP contribution is 2.53. The summed E-state index contributed by atoms with van der Waals surface area (Å²) in [6.45, 7) is 7.39. The molecule has 0 atom stereocenters. The summed E-state index contributed by atoms with van der Waals surface area (Å²) in [6.07, 6.45) is 3.56. The van der Waals surface area contributed by atoms with Gasteiger partial charge in [0.2, 0.25) is 0 Å². The van der Waals surface area contributed by atoms with Gasteiger partial charge in [0.1, 0.15) is 5.82 Å². The zero-order chi connectivity index (χ0) is 22.9. The SMILES string of the molecule is CCOP(=O)(OCC)c1ccc(/C=C/c2ccc(F)cc2)cc1P(=O)(OCC)OCC. The predicted molar refractivity (Wildman–Crippen MR) is 123 cm³/mol. The molecule has 31 heavy (non-hydrogen) atoms. The van der Waals surface area contributed by atoms with E-state index < -0.39 is 15.2 Å². The smallest absolute Gasteiger partial charge is 0.305 e. The molecule has 2 rings (SSSR count). The third-order valence-electron chi connectivity index (χ3n) is 4.12. The van der Waals surface area contributed by atoms with Crippen LogP contribution in [0.1, 0.15) is 38.8 Å². The normalized spacial score (nSPS) is 12.5. The van der Waals surface area contributed by atoms with E-state index in [1.807, 2.05) is 0 Å². The lowest BCUT2D eigenvalue weighted by atomic mass is 10.1. The second-order valence-corrected chi connectivity index (χ2v) is 10.3. The van der Waals surface area contributed by atoms with Crippen LogP contribution in [0.15, 0.2) is 42.5 Å². The fourth-order valence-electron chi connectivity index (χ4n) is 2.89. The van der Waals surface area contributed by atoms with Crippen molar-refractivity contribution in [3.05, 3.63) is 59.4 Å². The maximum absolute atomic E-state index is 13.6. The van der Waals surface area contributed by atoms with Crippen LogP contribution in [0.25, 0.3) is 12.2 Å². The Bertz CT molecular complexity index is 954. The molecule has 0 saturated carbocycles. The quantitative estimate of drug-likeness (QED) is 0.289. The van der Waals surface area contributed by atoms with Gasteiger partial charge in [0.25, 0.3) is 0 Å². The van der Waals surface area contributed by atoms with E-state index in [0.717, 1.165) is 5.56 Å². The Hall–Kier alpha value is -1.59. The lowest BCUT2D eigenvalue weighted by Gasteiger charge is -2.24. The van der Waals surface area contributed by atoms with Crippen molar-refractivity contribution in [2.24, 2.45) is 0 Å². The van der Waals surface area contributed by atoms with Crippen LogP contribution in [-0.2, 0) is 27.2 Å². The Morgan fingerprint density at radius 1 is 0.677 bits per heavy atom. The van der Waals surface area contributed by atoms with E-state index in [2.05, 4.69) is 0 Å². The standard InChI is InChI=1S/C22H29FO6P2/c1-5-26-30(24,27-6-2)21-16-13-19(10-9-18-11-14-20(23)15-12-18)17-22(21)31(25,28-7-3)29-8-4/h9-17H,5-8H2,1-4H3/b10-9+.